The Morgan fingerprint density at radius 1 is 1.03 bits per heavy atom. The van der Waals surface area contributed by atoms with Gasteiger partial charge in [0.15, 0.2) is 0 Å². The molecule has 166 valence electrons. The Labute approximate surface area is 191 Å². The average Bonchev–Trinajstić information content (AvgIpc) is 3.35. The Balaban J connectivity index is 1.28. The first-order valence-electron chi connectivity index (χ1n) is 10.9. The van der Waals surface area contributed by atoms with Crippen LogP contribution in [0.4, 0.5) is 4.79 Å². The van der Waals surface area contributed by atoms with E-state index in [1.54, 1.807) is 0 Å². The number of aliphatic carboxylic acids is 1. The van der Waals surface area contributed by atoms with Crippen LogP contribution in [0.15, 0.2) is 66.7 Å². The number of aromatic amines is 1. The molecule has 0 spiro atoms. The molecule has 0 saturated heterocycles. The van der Waals surface area contributed by atoms with Gasteiger partial charge in [0.2, 0.25) is 0 Å². The van der Waals surface area contributed by atoms with Gasteiger partial charge in [-0.15, -0.1) is 0 Å². The van der Waals surface area contributed by atoms with Gasteiger partial charge in [-0.25, -0.2) is 9.59 Å². The molecule has 1 amide bonds. The van der Waals surface area contributed by atoms with Crippen molar-refractivity contribution in [2.24, 2.45) is 0 Å². The number of aryl methyl sites for hydroxylation is 1. The molecule has 1 aromatic heterocycles. The van der Waals surface area contributed by atoms with Gasteiger partial charge in [0.05, 0.1) is 0 Å². The number of ether oxygens (including phenoxy) is 1. The van der Waals surface area contributed by atoms with E-state index in [4.69, 9.17) is 4.74 Å². The summed E-state index contributed by atoms with van der Waals surface area (Å²) < 4.78 is 5.45. The number of fused-ring (bicyclic) bond motifs is 4. The molecule has 0 bridgehead atoms. The summed E-state index contributed by atoms with van der Waals surface area (Å²) in [6.45, 7) is 1.99. The monoisotopic (exact) mass is 440 g/mol. The third-order valence-electron chi connectivity index (χ3n) is 6.33. The lowest BCUT2D eigenvalue weighted by Crippen LogP contribution is -2.42. The van der Waals surface area contributed by atoms with Crippen molar-refractivity contribution < 1.29 is 19.4 Å². The van der Waals surface area contributed by atoms with Gasteiger partial charge in [0.1, 0.15) is 12.6 Å². The van der Waals surface area contributed by atoms with Crippen LogP contribution in [0.2, 0.25) is 0 Å². The lowest BCUT2D eigenvalue weighted by Gasteiger charge is -2.16. The molecule has 1 aliphatic rings. The predicted octanol–water partition coefficient (Wildman–Crippen LogP) is 4.97. The molecule has 3 N–H and O–H groups in total. The Bertz CT molecular complexity index is 1370. The molecule has 3 aromatic carbocycles. The molecule has 0 aliphatic heterocycles. The second-order valence-electron chi connectivity index (χ2n) is 8.37. The molecule has 6 heteroatoms. The molecule has 1 atom stereocenters. The third kappa shape index (κ3) is 3.96. The van der Waals surface area contributed by atoms with Crippen LogP contribution in [-0.2, 0) is 29.0 Å². The zero-order valence-corrected chi connectivity index (χ0v) is 18.2. The van der Waals surface area contributed by atoms with Gasteiger partial charge < -0.3 is 20.1 Å². The number of amides is 1. The van der Waals surface area contributed by atoms with E-state index in [1.165, 1.54) is 11.1 Å². The largest absolute Gasteiger partial charge is 0.480 e. The van der Waals surface area contributed by atoms with Crippen molar-refractivity contribution >= 4 is 23.0 Å². The van der Waals surface area contributed by atoms with Crippen molar-refractivity contribution in [2.45, 2.75) is 32.4 Å². The summed E-state index contributed by atoms with van der Waals surface area (Å²) in [6, 6.07) is 20.9. The van der Waals surface area contributed by atoms with Crippen LogP contribution >= 0.6 is 0 Å². The van der Waals surface area contributed by atoms with E-state index >= 15 is 0 Å². The van der Waals surface area contributed by atoms with E-state index in [-0.39, 0.29) is 13.0 Å². The Hall–Kier alpha value is -4.06. The van der Waals surface area contributed by atoms with Gasteiger partial charge in [-0.3, -0.25) is 0 Å². The van der Waals surface area contributed by atoms with Gasteiger partial charge in [-0.2, -0.15) is 0 Å². The molecule has 4 aromatic rings. The van der Waals surface area contributed by atoms with Crippen LogP contribution in [0.3, 0.4) is 0 Å². The smallest absolute Gasteiger partial charge is 0.408 e. The quantitative estimate of drug-likeness (QED) is 0.348. The van der Waals surface area contributed by atoms with E-state index in [1.807, 2.05) is 55.5 Å². The van der Waals surface area contributed by atoms with E-state index < -0.39 is 18.1 Å². The number of rotatable bonds is 6. The fraction of sp³-hybridized carbons (Fsp3) is 0.185. The highest BCUT2D eigenvalue weighted by Gasteiger charge is 2.25. The molecule has 0 radical (unpaired) electrons. The lowest BCUT2D eigenvalue weighted by atomic mass is 10.0. The number of hydrogen-bond acceptors (Lipinski definition) is 3. The van der Waals surface area contributed by atoms with Gasteiger partial charge in [-0.1, -0.05) is 60.7 Å². The average molecular weight is 440 g/mol. The number of para-hydroxylation sites is 1. The number of aromatic nitrogens is 1. The van der Waals surface area contributed by atoms with Gasteiger partial charge in [0.25, 0.3) is 0 Å². The normalized spacial score (nSPS) is 12.8. The van der Waals surface area contributed by atoms with Crippen LogP contribution < -0.4 is 5.32 Å². The molecular formula is C27H24N2O4. The Morgan fingerprint density at radius 3 is 2.64 bits per heavy atom. The summed E-state index contributed by atoms with van der Waals surface area (Å²) in [6.07, 6.45) is 0.216. The van der Waals surface area contributed by atoms with E-state index in [9.17, 15) is 14.7 Å². The van der Waals surface area contributed by atoms with Gasteiger partial charge in [-0.05, 0) is 52.8 Å². The maximum absolute atomic E-state index is 12.5. The number of carbonyl (C=O) groups is 2. The summed E-state index contributed by atoms with van der Waals surface area (Å²) in [4.78, 5) is 27.7. The van der Waals surface area contributed by atoms with Crippen molar-refractivity contribution in [1.82, 2.24) is 10.3 Å². The van der Waals surface area contributed by atoms with Crippen LogP contribution in [0, 0.1) is 6.92 Å². The minimum atomic E-state index is -1.10. The maximum atomic E-state index is 12.5. The highest BCUT2D eigenvalue weighted by molar-refractivity contribution is 5.86. The van der Waals surface area contributed by atoms with Gasteiger partial charge in [0, 0.05) is 23.0 Å². The summed E-state index contributed by atoms with van der Waals surface area (Å²) in [5, 5.41) is 13.2. The first-order chi connectivity index (χ1) is 16.0. The lowest BCUT2D eigenvalue weighted by molar-refractivity contribution is -0.139. The standard InChI is InChI=1S/C27H24N2O4/c1-16-22(21-10-4-5-12-24(21)28-16)14-25(26(30)31)29-27(32)33-15-18-8-6-11-20-19-9-3-2-7-17(19)13-23(18)20/h2-12,25,28H,13-15H2,1H3,(H,29,32)(H,30,31)/t25-/m1/s1. The molecule has 0 unspecified atom stereocenters. The van der Waals surface area contributed by atoms with Crippen LogP contribution in [-0.4, -0.2) is 28.2 Å². The topological polar surface area (TPSA) is 91.4 Å². The highest BCUT2D eigenvalue weighted by Crippen LogP contribution is 2.38. The predicted molar refractivity (Wildman–Crippen MR) is 126 cm³/mol. The number of carboxylic acid groups (broad SMARTS) is 1. The molecule has 5 rings (SSSR count). The molecule has 1 heterocycles. The summed E-state index contributed by atoms with van der Waals surface area (Å²) in [5.41, 5.74) is 8.40. The fourth-order valence-corrected chi connectivity index (χ4v) is 4.69. The molecule has 1 aliphatic carbocycles. The third-order valence-corrected chi connectivity index (χ3v) is 6.33. The minimum Gasteiger partial charge on any atom is -0.480 e. The summed E-state index contributed by atoms with van der Waals surface area (Å²) in [5.74, 6) is -1.10. The summed E-state index contributed by atoms with van der Waals surface area (Å²) >= 11 is 0. The van der Waals surface area contributed by atoms with Crippen molar-refractivity contribution in [3.05, 3.63) is 94.7 Å². The molecule has 0 fully saturated rings. The van der Waals surface area contributed by atoms with E-state index in [2.05, 4.69) is 28.5 Å². The van der Waals surface area contributed by atoms with Crippen LogP contribution in [0.5, 0.6) is 0 Å². The second-order valence-corrected chi connectivity index (χ2v) is 8.37. The first-order valence-corrected chi connectivity index (χ1v) is 10.9. The summed E-state index contributed by atoms with van der Waals surface area (Å²) in [7, 11) is 0. The fourth-order valence-electron chi connectivity index (χ4n) is 4.69. The number of carbonyl (C=O) groups excluding carboxylic acids is 1. The van der Waals surface area contributed by atoms with Gasteiger partial charge >= 0.3 is 12.1 Å². The number of benzene rings is 3. The second kappa shape index (κ2) is 8.47. The van der Waals surface area contributed by atoms with Crippen molar-refractivity contribution in [2.75, 3.05) is 0 Å². The number of carboxylic acids is 1. The van der Waals surface area contributed by atoms with Crippen molar-refractivity contribution in [1.29, 1.82) is 0 Å². The Kier molecular flexibility index (Phi) is 5.34. The van der Waals surface area contributed by atoms with E-state index in [0.29, 0.717) is 0 Å². The minimum absolute atomic E-state index is 0.0848. The zero-order chi connectivity index (χ0) is 22.9. The number of hydrogen-bond donors (Lipinski definition) is 3. The first kappa shape index (κ1) is 20.8. The van der Waals surface area contributed by atoms with Crippen molar-refractivity contribution in [3.63, 3.8) is 0 Å². The number of nitrogens with one attached hydrogen (secondary N) is 2. The molecular weight excluding hydrogens is 416 g/mol. The molecule has 6 nitrogen and oxygen atoms in total. The molecule has 0 saturated carbocycles. The molecule has 33 heavy (non-hydrogen) atoms. The number of alkyl carbamates (subject to hydrolysis) is 1. The highest BCUT2D eigenvalue weighted by atomic mass is 16.5. The van der Waals surface area contributed by atoms with Crippen LogP contribution in [0.25, 0.3) is 22.0 Å². The van der Waals surface area contributed by atoms with Crippen molar-refractivity contribution in [3.8, 4) is 11.1 Å². The Morgan fingerprint density at radius 2 is 1.79 bits per heavy atom. The maximum Gasteiger partial charge on any atom is 0.408 e. The SMILES string of the molecule is Cc1[nH]c2ccccc2c1C[C@@H](NC(=O)OCc1cccc2c1Cc1ccccc1-2)C(=O)O. The number of H-pyrrole nitrogens is 1. The van der Waals surface area contributed by atoms with E-state index in [0.717, 1.165) is 45.3 Å². The zero-order valence-electron chi connectivity index (χ0n) is 18.2. The van der Waals surface area contributed by atoms with Crippen LogP contribution in [0.1, 0.15) is 27.9 Å².